The van der Waals surface area contributed by atoms with Gasteiger partial charge in [0.1, 0.15) is 11.5 Å². The molecule has 1 aliphatic rings. The van der Waals surface area contributed by atoms with Crippen LogP contribution in [0.3, 0.4) is 0 Å². The quantitative estimate of drug-likeness (QED) is 0.603. The van der Waals surface area contributed by atoms with Crippen LogP contribution in [0.5, 0.6) is 0 Å². The minimum atomic E-state index is -4.64. The van der Waals surface area contributed by atoms with E-state index >= 15 is 0 Å². The fraction of sp³-hybridized carbons (Fsp3) is 0.294. The molecular formula is C17H14F3N5O2. The normalized spacial score (nSPS) is 14.7. The summed E-state index contributed by atoms with van der Waals surface area (Å²) in [4.78, 5) is 18.3. The number of piperazine rings is 1. The van der Waals surface area contributed by atoms with Crippen molar-refractivity contribution >= 4 is 17.2 Å². The zero-order chi connectivity index (χ0) is 19.6. The first kappa shape index (κ1) is 18.4. The fourth-order valence-electron chi connectivity index (χ4n) is 2.95. The molecule has 0 N–H and O–H groups in total. The lowest BCUT2D eigenvalue weighted by Gasteiger charge is -2.36. The summed E-state index contributed by atoms with van der Waals surface area (Å²) in [5.41, 5.74) is -0.982. The van der Waals surface area contributed by atoms with Crippen molar-refractivity contribution in [3.63, 3.8) is 0 Å². The van der Waals surface area contributed by atoms with Gasteiger partial charge < -0.3 is 9.80 Å². The molecule has 0 radical (unpaired) electrons. The van der Waals surface area contributed by atoms with E-state index in [1.54, 1.807) is 17.0 Å². The van der Waals surface area contributed by atoms with Crippen molar-refractivity contribution in [1.82, 2.24) is 4.98 Å². The number of halogens is 3. The van der Waals surface area contributed by atoms with Gasteiger partial charge in [-0.25, -0.2) is 4.98 Å². The number of nitriles is 1. The second-order valence-electron chi connectivity index (χ2n) is 5.95. The summed E-state index contributed by atoms with van der Waals surface area (Å²) in [7, 11) is 0. The molecule has 1 aromatic heterocycles. The zero-order valence-electron chi connectivity index (χ0n) is 14.0. The van der Waals surface area contributed by atoms with Gasteiger partial charge in [0.15, 0.2) is 0 Å². The Morgan fingerprint density at radius 2 is 1.78 bits per heavy atom. The molecule has 0 aliphatic carbocycles. The first-order chi connectivity index (χ1) is 12.8. The molecule has 1 saturated heterocycles. The van der Waals surface area contributed by atoms with E-state index in [9.17, 15) is 23.3 Å². The molecular weight excluding hydrogens is 363 g/mol. The lowest BCUT2D eigenvalue weighted by Crippen LogP contribution is -2.47. The van der Waals surface area contributed by atoms with Gasteiger partial charge in [-0.05, 0) is 24.3 Å². The maximum absolute atomic E-state index is 12.8. The molecule has 7 nitrogen and oxygen atoms in total. The van der Waals surface area contributed by atoms with E-state index in [0.717, 1.165) is 12.1 Å². The lowest BCUT2D eigenvalue weighted by molar-refractivity contribution is -0.384. The number of hydrogen-bond acceptors (Lipinski definition) is 6. The number of nitro groups is 1. The van der Waals surface area contributed by atoms with Gasteiger partial charge in [0.25, 0.3) is 5.69 Å². The summed E-state index contributed by atoms with van der Waals surface area (Å²) in [5, 5.41) is 20.2. The SMILES string of the molecule is N#Cc1ccnc(N2CCN(c3ccc(C(F)(F)F)cc3[N+](=O)[O-])CC2)c1. The highest BCUT2D eigenvalue weighted by atomic mass is 19.4. The summed E-state index contributed by atoms with van der Waals surface area (Å²) in [6.45, 7) is 1.70. The van der Waals surface area contributed by atoms with Crippen LogP contribution in [0.2, 0.25) is 0 Å². The minimum absolute atomic E-state index is 0.159. The average Bonchev–Trinajstić information content (AvgIpc) is 2.67. The van der Waals surface area contributed by atoms with Crippen LogP contribution in [0.25, 0.3) is 0 Å². The number of benzene rings is 1. The Hall–Kier alpha value is -3.35. The fourth-order valence-corrected chi connectivity index (χ4v) is 2.95. The first-order valence-electron chi connectivity index (χ1n) is 8.01. The van der Waals surface area contributed by atoms with E-state index in [-0.39, 0.29) is 5.69 Å². The molecule has 1 aromatic carbocycles. The number of nitro benzene ring substituents is 1. The predicted molar refractivity (Wildman–Crippen MR) is 91.5 cm³/mol. The molecule has 0 spiro atoms. The molecule has 1 fully saturated rings. The van der Waals surface area contributed by atoms with Crippen LogP contribution in [0.4, 0.5) is 30.4 Å². The van der Waals surface area contributed by atoms with Crippen molar-refractivity contribution in [3.05, 3.63) is 57.8 Å². The number of hydrogen-bond donors (Lipinski definition) is 0. The number of pyridine rings is 1. The van der Waals surface area contributed by atoms with Gasteiger partial charge in [0, 0.05) is 38.4 Å². The molecule has 1 aliphatic heterocycles. The Balaban J connectivity index is 1.79. The summed E-state index contributed by atoms with van der Waals surface area (Å²) in [6.07, 6.45) is -3.11. The van der Waals surface area contributed by atoms with E-state index in [1.165, 1.54) is 6.20 Å². The summed E-state index contributed by atoms with van der Waals surface area (Å²) < 4.78 is 38.5. The highest BCUT2D eigenvalue weighted by Gasteiger charge is 2.34. The van der Waals surface area contributed by atoms with Crippen LogP contribution in [0.15, 0.2) is 36.5 Å². The third-order valence-corrected chi connectivity index (χ3v) is 4.32. The number of rotatable bonds is 3. The number of alkyl halides is 3. The van der Waals surface area contributed by atoms with Crippen molar-refractivity contribution in [1.29, 1.82) is 5.26 Å². The van der Waals surface area contributed by atoms with Crippen LogP contribution < -0.4 is 9.80 Å². The van der Waals surface area contributed by atoms with Crippen molar-refractivity contribution < 1.29 is 18.1 Å². The standard InChI is InChI=1S/C17H14F3N5O2/c18-17(19,20)13-1-2-14(15(10-13)25(26)27)23-5-7-24(8-6-23)16-9-12(11-21)3-4-22-16/h1-4,9-10H,5-8H2. The monoisotopic (exact) mass is 377 g/mol. The zero-order valence-corrected chi connectivity index (χ0v) is 14.0. The predicted octanol–water partition coefficient (Wildman–Crippen LogP) is 3.21. The van der Waals surface area contributed by atoms with E-state index in [4.69, 9.17) is 5.26 Å². The van der Waals surface area contributed by atoms with Gasteiger partial charge in [0.2, 0.25) is 0 Å². The van der Waals surface area contributed by atoms with Gasteiger partial charge in [-0.2, -0.15) is 18.4 Å². The molecule has 0 unspecified atom stereocenters. The highest BCUT2D eigenvalue weighted by Crippen LogP contribution is 2.36. The molecule has 27 heavy (non-hydrogen) atoms. The van der Waals surface area contributed by atoms with Crippen molar-refractivity contribution in [3.8, 4) is 6.07 Å². The van der Waals surface area contributed by atoms with Crippen LogP contribution in [-0.2, 0) is 6.18 Å². The Morgan fingerprint density at radius 1 is 1.11 bits per heavy atom. The topological polar surface area (TPSA) is 86.3 Å². The van der Waals surface area contributed by atoms with E-state index in [0.29, 0.717) is 43.6 Å². The second-order valence-corrected chi connectivity index (χ2v) is 5.95. The molecule has 140 valence electrons. The van der Waals surface area contributed by atoms with Crippen LogP contribution >= 0.6 is 0 Å². The Kier molecular flexibility index (Phi) is 4.85. The Morgan fingerprint density at radius 3 is 2.37 bits per heavy atom. The highest BCUT2D eigenvalue weighted by molar-refractivity contribution is 5.65. The summed E-state index contributed by atoms with van der Waals surface area (Å²) >= 11 is 0. The van der Waals surface area contributed by atoms with Gasteiger partial charge in [0.05, 0.1) is 22.1 Å². The van der Waals surface area contributed by atoms with Crippen molar-refractivity contribution in [2.45, 2.75) is 6.18 Å². The molecule has 0 saturated carbocycles. The first-order valence-corrected chi connectivity index (χ1v) is 8.01. The van der Waals surface area contributed by atoms with Gasteiger partial charge in [-0.15, -0.1) is 0 Å². The van der Waals surface area contributed by atoms with Crippen LogP contribution in [-0.4, -0.2) is 36.1 Å². The smallest absolute Gasteiger partial charge is 0.362 e. The maximum atomic E-state index is 12.8. The largest absolute Gasteiger partial charge is 0.416 e. The van der Waals surface area contributed by atoms with E-state index in [2.05, 4.69) is 4.98 Å². The average molecular weight is 377 g/mol. The molecule has 0 bridgehead atoms. The molecule has 10 heteroatoms. The third kappa shape index (κ3) is 3.92. The number of nitrogens with zero attached hydrogens (tertiary/aromatic N) is 5. The summed E-state index contributed by atoms with van der Waals surface area (Å²) in [5.74, 6) is 0.621. The van der Waals surface area contributed by atoms with Crippen molar-refractivity contribution in [2.24, 2.45) is 0 Å². The molecule has 0 atom stereocenters. The van der Waals surface area contributed by atoms with Gasteiger partial charge in [-0.3, -0.25) is 10.1 Å². The van der Waals surface area contributed by atoms with Crippen LogP contribution in [0.1, 0.15) is 11.1 Å². The van der Waals surface area contributed by atoms with E-state index < -0.39 is 22.4 Å². The molecule has 3 rings (SSSR count). The third-order valence-electron chi connectivity index (χ3n) is 4.32. The second kappa shape index (κ2) is 7.11. The number of aromatic nitrogens is 1. The number of anilines is 2. The van der Waals surface area contributed by atoms with Crippen molar-refractivity contribution in [2.75, 3.05) is 36.0 Å². The van der Waals surface area contributed by atoms with Gasteiger partial charge >= 0.3 is 6.18 Å². The van der Waals surface area contributed by atoms with Gasteiger partial charge in [-0.1, -0.05) is 0 Å². The van der Waals surface area contributed by atoms with E-state index in [1.807, 2.05) is 11.0 Å². The molecule has 2 aromatic rings. The minimum Gasteiger partial charge on any atom is -0.362 e. The molecule has 0 amide bonds. The Bertz CT molecular complexity index is 902. The van der Waals surface area contributed by atoms with Crippen LogP contribution in [0, 0.1) is 21.4 Å². The summed E-state index contributed by atoms with van der Waals surface area (Å²) in [6, 6.07) is 7.84. The molecule has 2 heterocycles. The lowest BCUT2D eigenvalue weighted by atomic mass is 10.1. The maximum Gasteiger partial charge on any atom is 0.416 e. The Labute approximate surface area is 152 Å².